The van der Waals surface area contributed by atoms with Gasteiger partial charge in [-0.05, 0) is 23.8 Å². The van der Waals surface area contributed by atoms with Crippen molar-refractivity contribution < 1.29 is 23.0 Å². The van der Waals surface area contributed by atoms with Crippen LogP contribution in [-0.4, -0.2) is 32.8 Å². The van der Waals surface area contributed by atoms with Crippen LogP contribution in [0.5, 0.6) is 5.75 Å². The molecule has 0 N–H and O–H groups in total. The van der Waals surface area contributed by atoms with Crippen molar-refractivity contribution in [3.05, 3.63) is 100 Å². The summed E-state index contributed by atoms with van der Waals surface area (Å²) >= 11 is 0. The van der Waals surface area contributed by atoms with Gasteiger partial charge >= 0.3 is 5.97 Å². The van der Waals surface area contributed by atoms with Crippen molar-refractivity contribution in [2.45, 2.75) is 13.0 Å². The molecule has 10 heteroatoms. The van der Waals surface area contributed by atoms with Crippen molar-refractivity contribution in [3.8, 4) is 22.7 Å². The summed E-state index contributed by atoms with van der Waals surface area (Å²) in [6.45, 7) is -0.128. The van der Waals surface area contributed by atoms with Crippen LogP contribution in [0.15, 0.2) is 78.0 Å². The van der Waals surface area contributed by atoms with Gasteiger partial charge in [0.15, 0.2) is 5.82 Å². The zero-order valence-electron chi connectivity index (χ0n) is 17.9. The molecule has 0 fully saturated rings. The number of hydrogen-bond donors (Lipinski definition) is 0. The first kappa shape index (κ1) is 22.7. The summed E-state index contributed by atoms with van der Waals surface area (Å²) in [5.74, 6) is -0.958. The summed E-state index contributed by atoms with van der Waals surface area (Å²) in [6.07, 6.45) is 0.972. The molecule has 0 aliphatic heterocycles. The maximum absolute atomic E-state index is 14.2. The van der Waals surface area contributed by atoms with E-state index >= 15 is 0 Å². The number of halogens is 2. The lowest BCUT2D eigenvalue weighted by molar-refractivity contribution is 0.0461. The zero-order chi connectivity index (χ0) is 24.1. The van der Waals surface area contributed by atoms with Gasteiger partial charge < -0.3 is 9.47 Å². The Labute approximate surface area is 192 Å². The predicted octanol–water partition coefficient (Wildman–Crippen LogP) is 3.99. The summed E-state index contributed by atoms with van der Waals surface area (Å²) < 4.78 is 40.0. The highest BCUT2D eigenvalue weighted by atomic mass is 19.3. The molecule has 1 aromatic carbocycles. The third kappa shape index (κ3) is 4.65. The van der Waals surface area contributed by atoms with Gasteiger partial charge in [0.1, 0.15) is 18.1 Å². The van der Waals surface area contributed by atoms with Crippen LogP contribution in [0.25, 0.3) is 16.9 Å². The van der Waals surface area contributed by atoms with Crippen LogP contribution in [0.3, 0.4) is 0 Å². The third-order valence-corrected chi connectivity index (χ3v) is 4.88. The SMILES string of the molecule is COc1cnccc1-c1cc(-n2ncccc2=O)nc(C(F)F)c1C(=O)OCc1ccccc1. The van der Waals surface area contributed by atoms with E-state index < -0.39 is 29.2 Å². The summed E-state index contributed by atoms with van der Waals surface area (Å²) in [6, 6.07) is 14.3. The van der Waals surface area contributed by atoms with Gasteiger partial charge in [-0.1, -0.05) is 30.3 Å². The highest BCUT2D eigenvalue weighted by molar-refractivity contribution is 5.99. The van der Waals surface area contributed by atoms with Crippen LogP contribution < -0.4 is 10.3 Å². The van der Waals surface area contributed by atoms with E-state index in [0.717, 1.165) is 4.68 Å². The minimum Gasteiger partial charge on any atom is -0.494 e. The Hall–Kier alpha value is -4.47. The van der Waals surface area contributed by atoms with Crippen molar-refractivity contribution in [1.29, 1.82) is 0 Å². The van der Waals surface area contributed by atoms with Gasteiger partial charge in [0, 0.05) is 29.6 Å². The first-order chi connectivity index (χ1) is 16.5. The van der Waals surface area contributed by atoms with E-state index in [4.69, 9.17) is 9.47 Å². The van der Waals surface area contributed by atoms with E-state index in [2.05, 4.69) is 15.1 Å². The second-order valence-corrected chi connectivity index (χ2v) is 7.00. The second-order valence-electron chi connectivity index (χ2n) is 7.00. The molecule has 3 aromatic heterocycles. The van der Waals surface area contributed by atoms with Crippen molar-refractivity contribution >= 4 is 5.97 Å². The molecule has 0 amide bonds. The molecule has 34 heavy (non-hydrogen) atoms. The second kappa shape index (κ2) is 9.99. The van der Waals surface area contributed by atoms with Crippen LogP contribution in [-0.2, 0) is 11.3 Å². The van der Waals surface area contributed by atoms with Gasteiger partial charge in [-0.3, -0.25) is 9.78 Å². The molecule has 172 valence electrons. The Morgan fingerprint density at radius 1 is 1.06 bits per heavy atom. The topological polar surface area (TPSA) is 96.2 Å². The molecule has 0 atom stereocenters. The fraction of sp³-hybridized carbons (Fsp3) is 0.125. The Morgan fingerprint density at radius 3 is 2.56 bits per heavy atom. The van der Waals surface area contributed by atoms with Crippen molar-refractivity contribution in [2.24, 2.45) is 0 Å². The number of esters is 1. The lowest BCUT2D eigenvalue weighted by Crippen LogP contribution is -2.22. The maximum Gasteiger partial charge on any atom is 0.341 e. The highest BCUT2D eigenvalue weighted by Gasteiger charge is 2.29. The minimum absolute atomic E-state index is 0.0372. The van der Waals surface area contributed by atoms with E-state index in [1.165, 1.54) is 50.0 Å². The Kier molecular flexibility index (Phi) is 6.67. The molecule has 0 aliphatic rings. The quantitative estimate of drug-likeness (QED) is 0.382. The molecule has 4 rings (SSSR count). The molecule has 0 spiro atoms. The van der Waals surface area contributed by atoms with Crippen molar-refractivity contribution in [2.75, 3.05) is 7.11 Å². The van der Waals surface area contributed by atoms with Gasteiger partial charge in [-0.15, -0.1) is 0 Å². The molecule has 0 saturated heterocycles. The van der Waals surface area contributed by atoms with E-state index in [0.29, 0.717) is 11.1 Å². The number of nitrogens with zero attached hydrogens (tertiary/aromatic N) is 4. The Morgan fingerprint density at radius 2 is 1.85 bits per heavy atom. The normalized spacial score (nSPS) is 10.8. The van der Waals surface area contributed by atoms with Crippen LogP contribution in [0, 0.1) is 0 Å². The van der Waals surface area contributed by atoms with E-state index in [9.17, 15) is 18.4 Å². The average Bonchev–Trinajstić information content (AvgIpc) is 2.87. The average molecular weight is 464 g/mol. The molecule has 0 radical (unpaired) electrons. The lowest BCUT2D eigenvalue weighted by Gasteiger charge is -2.17. The summed E-state index contributed by atoms with van der Waals surface area (Å²) in [4.78, 5) is 33.3. The molecule has 0 saturated carbocycles. The number of ether oxygens (including phenoxy) is 2. The number of carbonyl (C=O) groups excluding carboxylic acids is 1. The van der Waals surface area contributed by atoms with E-state index in [1.807, 2.05) is 0 Å². The van der Waals surface area contributed by atoms with E-state index in [-0.39, 0.29) is 23.7 Å². The number of methoxy groups -OCH3 is 1. The number of pyridine rings is 2. The molecular formula is C24H18F2N4O4. The Balaban J connectivity index is 1.92. The fourth-order valence-corrected chi connectivity index (χ4v) is 3.33. The number of alkyl halides is 2. The summed E-state index contributed by atoms with van der Waals surface area (Å²) in [5.41, 5.74) is -0.858. The molecule has 4 aromatic rings. The fourth-order valence-electron chi connectivity index (χ4n) is 3.33. The van der Waals surface area contributed by atoms with Crippen LogP contribution in [0.4, 0.5) is 8.78 Å². The lowest BCUT2D eigenvalue weighted by atomic mass is 9.98. The van der Waals surface area contributed by atoms with Crippen LogP contribution in [0.2, 0.25) is 0 Å². The van der Waals surface area contributed by atoms with Crippen LogP contribution in [0.1, 0.15) is 28.0 Å². The van der Waals surface area contributed by atoms with Crippen molar-refractivity contribution in [1.82, 2.24) is 19.7 Å². The first-order valence-corrected chi connectivity index (χ1v) is 10.1. The molecule has 0 bridgehead atoms. The number of hydrogen-bond acceptors (Lipinski definition) is 7. The maximum atomic E-state index is 14.2. The van der Waals surface area contributed by atoms with Gasteiger partial charge in [-0.25, -0.2) is 18.6 Å². The number of benzene rings is 1. The smallest absolute Gasteiger partial charge is 0.341 e. The van der Waals surface area contributed by atoms with E-state index in [1.54, 1.807) is 30.3 Å². The molecule has 8 nitrogen and oxygen atoms in total. The predicted molar refractivity (Wildman–Crippen MR) is 118 cm³/mol. The largest absolute Gasteiger partial charge is 0.494 e. The monoisotopic (exact) mass is 464 g/mol. The van der Waals surface area contributed by atoms with Crippen LogP contribution >= 0.6 is 0 Å². The summed E-state index contributed by atoms with van der Waals surface area (Å²) in [7, 11) is 1.38. The molecule has 3 heterocycles. The van der Waals surface area contributed by atoms with Gasteiger partial charge in [0.2, 0.25) is 0 Å². The van der Waals surface area contributed by atoms with Gasteiger partial charge in [-0.2, -0.15) is 9.78 Å². The molecule has 0 aliphatic carbocycles. The van der Waals surface area contributed by atoms with Crippen molar-refractivity contribution in [3.63, 3.8) is 0 Å². The standard InChI is InChI=1S/C24H18F2N4O4/c1-33-18-13-27-11-9-16(18)17-12-19(30-20(31)8-5-10-28-30)29-22(23(25)26)21(17)24(32)34-14-15-6-3-2-4-7-15/h2-13,23H,14H2,1H3. The van der Waals surface area contributed by atoms with Gasteiger partial charge in [0.05, 0.1) is 18.9 Å². The zero-order valence-corrected chi connectivity index (χ0v) is 17.9. The number of aromatic nitrogens is 4. The number of rotatable bonds is 7. The molecule has 0 unspecified atom stereocenters. The third-order valence-electron chi connectivity index (χ3n) is 4.88. The summed E-state index contributed by atoms with van der Waals surface area (Å²) in [5, 5.41) is 3.91. The van der Waals surface area contributed by atoms with Gasteiger partial charge in [0.25, 0.3) is 12.0 Å². The highest BCUT2D eigenvalue weighted by Crippen LogP contribution is 2.37. The molecular weight excluding hydrogens is 446 g/mol. The Bertz CT molecular complexity index is 1380. The minimum atomic E-state index is -3.15. The first-order valence-electron chi connectivity index (χ1n) is 10.1. The number of carbonyl (C=O) groups is 1.